The molecule has 2 nitrogen and oxygen atoms in total. The maximum atomic E-state index is 6.04. The monoisotopic (exact) mass is 347 g/mol. The molecule has 1 atom stereocenters. The van der Waals surface area contributed by atoms with E-state index in [1.165, 1.54) is 41.5 Å². The van der Waals surface area contributed by atoms with Gasteiger partial charge in [0.25, 0.3) is 0 Å². The molecule has 0 saturated carbocycles. The number of rotatable bonds is 5. The molecule has 0 spiro atoms. The molecule has 2 heteroatoms. The van der Waals surface area contributed by atoms with Crippen LogP contribution in [0.25, 0.3) is 12.2 Å². The summed E-state index contributed by atoms with van der Waals surface area (Å²) in [6.07, 6.45) is 9.31. The Bertz CT molecular complexity index is 774. The predicted octanol–water partition coefficient (Wildman–Crippen LogP) is 5.48. The highest BCUT2D eigenvalue weighted by Crippen LogP contribution is 2.43. The lowest BCUT2D eigenvalue weighted by molar-refractivity contribution is 0.307. The second-order valence-electron chi connectivity index (χ2n) is 7.52. The van der Waals surface area contributed by atoms with Crippen LogP contribution in [0.2, 0.25) is 0 Å². The van der Waals surface area contributed by atoms with Gasteiger partial charge in [-0.05, 0) is 72.7 Å². The van der Waals surface area contributed by atoms with Crippen LogP contribution in [-0.4, -0.2) is 19.7 Å². The second kappa shape index (κ2) is 8.09. The van der Waals surface area contributed by atoms with Gasteiger partial charge in [-0.1, -0.05) is 55.8 Å². The Morgan fingerprint density at radius 1 is 0.962 bits per heavy atom. The first-order valence-electron chi connectivity index (χ1n) is 10.1. The number of hydrogen-bond acceptors (Lipinski definition) is 2. The summed E-state index contributed by atoms with van der Waals surface area (Å²) in [5.74, 6) is 2.15. The van der Waals surface area contributed by atoms with Crippen molar-refractivity contribution in [3.8, 4) is 5.75 Å². The van der Waals surface area contributed by atoms with Gasteiger partial charge in [0.05, 0.1) is 6.61 Å². The molecule has 0 aromatic heterocycles. The first-order valence-corrected chi connectivity index (χ1v) is 10.1. The summed E-state index contributed by atoms with van der Waals surface area (Å²) in [4.78, 5) is 0. The van der Waals surface area contributed by atoms with Crippen LogP contribution < -0.4 is 10.1 Å². The van der Waals surface area contributed by atoms with Crippen molar-refractivity contribution in [3.05, 3.63) is 64.7 Å². The van der Waals surface area contributed by atoms with Crippen LogP contribution in [0.1, 0.15) is 60.8 Å². The zero-order chi connectivity index (χ0) is 17.8. The molecular weight excluding hydrogens is 318 g/mol. The Hall–Kier alpha value is -2.06. The van der Waals surface area contributed by atoms with Crippen molar-refractivity contribution in [2.24, 2.45) is 5.92 Å². The van der Waals surface area contributed by atoms with Crippen LogP contribution in [0.15, 0.2) is 42.5 Å². The molecule has 136 valence electrons. The van der Waals surface area contributed by atoms with Gasteiger partial charge in [0.2, 0.25) is 0 Å². The van der Waals surface area contributed by atoms with E-state index in [1.807, 2.05) is 0 Å². The van der Waals surface area contributed by atoms with Gasteiger partial charge in [0, 0.05) is 5.92 Å². The number of nitrogens with one attached hydrogen (secondary N) is 1. The minimum absolute atomic E-state index is 0.452. The molecule has 0 amide bonds. The van der Waals surface area contributed by atoms with Gasteiger partial charge in [0.1, 0.15) is 5.75 Å². The summed E-state index contributed by atoms with van der Waals surface area (Å²) >= 11 is 0. The van der Waals surface area contributed by atoms with E-state index in [9.17, 15) is 0 Å². The van der Waals surface area contributed by atoms with Crippen LogP contribution in [0.5, 0.6) is 5.75 Å². The minimum atomic E-state index is 0.452. The molecule has 2 aromatic carbocycles. The summed E-state index contributed by atoms with van der Waals surface area (Å²) in [5.41, 5.74) is 5.61. The van der Waals surface area contributed by atoms with Crippen molar-refractivity contribution in [2.45, 2.75) is 38.5 Å². The molecule has 1 fully saturated rings. The van der Waals surface area contributed by atoms with Gasteiger partial charge in [-0.15, -0.1) is 0 Å². The van der Waals surface area contributed by atoms with Crippen molar-refractivity contribution >= 4 is 12.2 Å². The van der Waals surface area contributed by atoms with E-state index >= 15 is 0 Å². The Morgan fingerprint density at radius 2 is 1.73 bits per heavy atom. The molecule has 1 N–H and O–H groups in total. The molecule has 0 radical (unpaired) electrons. The first kappa shape index (κ1) is 17.4. The van der Waals surface area contributed by atoms with Crippen LogP contribution in [0.3, 0.4) is 0 Å². The fourth-order valence-electron chi connectivity index (χ4n) is 4.38. The van der Waals surface area contributed by atoms with Crippen molar-refractivity contribution in [1.82, 2.24) is 5.32 Å². The Labute approximate surface area is 157 Å². The minimum Gasteiger partial charge on any atom is -0.494 e. The largest absolute Gasteiger partial charge is 0.494 e. The van der Waals surface area contributed by atoms with E-state index in [1.54, 1.807) is 0 Å². The molecular formula is C24H29NO. The zero-order valence-corrected chi connectivity index (χ0v) is 15.7. The van der Waals surface area contributed by atoms with E-state index in [0.29, 0.717) is 11.8 Å². The van der Waals surface area contributed by atoms with E-state index in [2.05, 4.69) is 66.9 Å². The van der Waals surface area contributed by atoms with Gasteiger partial charge in [-0.2, -0.15) is 0 Å². The molecule has 1 saturated heterocycles. The summed E-state index contributed by atoms with van der Waals surface area (Å²) < 4.78 is 6.04. The predicted molar refractivity (Wildman–Crippen MR) is 110 cm³/mol. The number of piperidine rings is 1. The Kier molecular flexibility index (Phi) is 5.40. The van der Waals surface area contributed by atoms with Gasteiger partial charge < -0.3 is 10.1 Å². The van der Waals surface area contributed by atoms with E-state index < -0.39 is 0 Å². The fraction of sp³-hybridized carbons (Fsp3) is 0.417. The molecule has 1 heterocycles. The van der Waals surface area contributed by atoms with Gasteiger partial charge in [-0.25, -0.2) is 0 Å². The van der Waals surface area contributed by atoms with E-state index in [-0.39, 0.29) is 0 Å². The number of benzene rings is 2. The number of hydrogen-bond donors (Lipinski definition) is 1. The van der Waals surface area contributed by atoms with Crippen LogP contribution in [0.4, 0.5) is 0 Å². The fourth-order valence-corrected chi connectivity index (χ4v) is 4.38. The normalized spacial score (nSPS) is 19.5. The Balaban J connectivity index is 1.75. The summed E-state index contributed by atoms with van der Waals surface area (Å²) in [6, 6.07) is 15.6. The molecule has 2 aliphatic rings. The van der Waals surface area contributed by atoms with Crippen LogP contribution >= 0.6 is 0 Å². The number of ether oxygens (including phenoxy) is 1. The molecule has 1 unspecified atom stereocenters. The van der Waals surface area contributed by atoms with Crippen molar-refractivity contribution < 1.29 is 4.74 Å². The molecule has 26 heavy (non-hydrogen) atoms. The molecule has 1 aliphatic carbocycles. The maximum absolute atomic E-state index is 6.04. The standard InChI is InChI=1S/C24H29NO/c1-2-3-16-26-21-11-10-19-9-8-18-6-4-5-7-22(18)24(23(19)17-21)20-12-14-25-15-13-20/h4-11,17,20,24-25H,2-3,12-16H2,1H3. The molecule has 2 aromatic rings. The smallest absolute Gasteiger partial charge is 0.119 e. The zero-order valence-electron chi connectivity index (χ0n) is 15.7. The quantitative estimate of drug-likeness (QED) is 0.723. The third-order valence-corrected chi connectivity index (χ3v) is 5.79. The SMILES string of the molecule is CCCCOc1ccc2c(c1)C(C1CCNCC1)c1ccccc1C=C2. The van der Waals surface area contributed by atoms with Gasteiger partial charge in [-0.3, -0.25) is 0 Å². The molecule has 4 rings (SSSR count). The second-order valence-corrected chi connectivity index (χ2v) is 7.52. The highest BCUT2D eigenvalue weighted by Gasteiger charge is 2.30. The van der Waals surface area contributed by atoms with Gasteiger partial charge in [0.15, 0.2) is 0 Å². The average molecular weight is 348 g/mol. The number of fused-ring (bicyclic) bond motifs is 2. The third kappa shape index (κ3) is 3.57. The lowest BCUT2D eigenvalue weighted by Crippen LogP contribution is -2.31. The highest BCUT2D eigenvalue weighted by molar-refractivity contribution is 5.77. The van der Waals surface area contributed by atoms with Crippen molar-refractivity contribution in [3.63, 3.8) is 0 Å². The number of unbranched alkanes of at least 4 members (excludes halogenated alkanes) is 1. The van der Waals surface area contributed by atoms with Crippen molar-refractivity contribution in [2.75, 3.05) is 19.7 Å². The average Bonchev–Trinajstić information content (AvgIpc) is 2.85. The first-order chi connectivity index (χ1) is 12.9. The van der Waals surface area contributed by atoms with Crippen LogP contribution in [-0.2, 0) is 0 Å². The lowest BCUT2D eigenvalue weighted by atomic mass is 9.74. The summed E-state index contributed by atoms with van der Waals surface area (Å²) in [5, 5.41) is 3.52. The lowest BCUT2D eigenvalue weighted by Gasteiger charge is -2.32. The van der Waals surface area contributed by atoms with Gasteiger partial charge >= 0.3 is 0 Å². The maximum Gasteiger partial charge on any atom is 0.119 e. The van der Waals surface area contributed by atoms with E-state index in [4.69, 9.17) is 4.74 Å². The highest BCUT2D eigenvalue weighted by atomic mass is 16.5. The Morgan fingerprint density at radius 3 is 2.54 bits per heavy atom. The van der Waals surface area contributed by atoms with Crippen LogP contribution in [0, 0.1) is 5.92 Å². The summed E-state index contributed by atoms with van der Waals surface area (Å²) in [6.45, 7) is 5.26. The molecule has 0 bridgehead atoms. The summed E-state index contributed by atoms with van der Waals surface area (Å²) in [7, 11) is 0. The third-order valence-electron chi connectivity index (χ3n) is 5.79. The van der Waals surface area contributed by atoms with Crippen molar-refractivity contribution in [1.29, 1.82) is 0 Å². The molecule has 1 aliphatic heterocycles. The van der Waals surface area contributed by atoms with E-state index in [0.717, 1.165) is 31.9 Å². The topological polar surface area (TPSA) is 21.3 Å².